The van der Waals surface area contributed by atoms with Crippen molar-refractivity contribution in [1.82, 2.24) is 9.47 Å². The zero-order valence-corrected chi connectivity index (χ0v) is 25.9. The average molecular weight is 599 g/mol. The van der Waals surface area contributed by atoms with Gasteiger partial charge < -0.3 is 14.6 Å². The maximum absolute atomic E-state index is 15.7. The molecule has 43 heavy (non-hydrogen) atoms. The quantitative estimate of drug-likeness (QED) is 0.235. The number of Topliss-reactive ketones (excluding diaryl/α,β-unsaturated/α-hetero) is 1. The molecule has 1 heterocycles. The summed E-state index contributed by atoms with van der Waals surface area (Å²) < 4.78 is 45.6. The minimum absolute atomic E-state index is 0.0513. The van der Waals surface area contributed by atoms with Crippen LogP contribution in [0, 0.1) is 44.1 Å². The summed E-state index contributed by atoms with van der Waals surface area (Å²) >= 11 is 0. The monoisotopic (exact) mass is 598 g/mol. The summed E-state index contributed by atoms with van der Waals surface area (Å²) in [5.74, 6) is -4.82. The van der Waals surface area contributed by atoms with Crippen molar-refractivity contribution in [2.75, 3.05) is 20.6 Å². The molecule has 0 aliphatic carbocycles. The van der Waals surface area contributed by atoms with Gasteiger partial charge in [0.15, 0.2) is 11.6 Å². The second-order valence-corrected chi connectivity index (χ2v) is 12.2. The predicted octanol–water partition coefficient (Wildman–Crippen LogP) is 6.77. The van der Waals surface area contributed by atoms with Crippen molar-refractivity contribution in [1.29, 1.82) is 0 Å². The summed E-state index contributed by atoms with van der Waals surface area (Å²) in [5, 5.41) is 9.76. The number of hydrogen-bond acceptors (Lipinski definition) is 4. The molecule has 1 unspecified atom stereocenters. The molecule has 232 valence electrons. The summed E-state index contributed by atoms with van der Waals surface area (Å²) in [4.78, 5) is 40.8. The zero-order chi connectivity index (χ0) is 32.2. The van der Waals surface area contributed by atoms with Crippen LogP contribution in [-0.2, 0) is 16.0 Å². The third-order valence-corrected chi connectivity index (χ3v) is 7.68. The van der Waals surface area contributed by atoms with E-state index in [1.54, 1.807) is 26.8 Å². The molecule has 0 radical (unpaired) electrons. The highest BCUT2D eigenvalue weighted by Gasteiger charge is 2.30. The van der Waals surface area contributed by atoms with Gasteiger partial charge in [-0.2, -0.15) is 0 Å². The van der Waals surface area contributed by atoms with Gasteiger partial charge in [-0.15, -0.1) is 0 Å². The number of benzene rings is 2. The normalized spacial score (nSPS) is 13.0. The number of carboxylic acids is 1. The van der Waals surface area contributed by atoms with Gasteiger partial charge >= 0.3 is 5.97 Å². The lowest BCUT2D eigenvalue weighted by Gasteiger charge is -2.25. The molecule has 0 saturated heterocycles. The van der Waals surface area contributed by atoms with E-state index in [-0.39, 0.29) is 29.9 Å². The fourth-order valence-corrected chi connectivity index (χ4v) is 5.68. The lowest BCUT2D eigenvalue weighted by molar-refractivity contribution is -0.137. The average Bonchev–Trinajstić information content (AvgIpc) is 2.88. The van der Waals surface area contributed by atoms with E-state index in [4.69, 9.17) is 0 Å². The standard InChI is InChI=1S/C34H41F3N2O4/c1-19(2)10-29(39-18-23(8-9-38(6)7)14-28(36)34(39)43)30(40)16-24(17-31(41)42)27-15-25(11-22(5)33(27)37)32-20(3)12-26(35)13-21(32)4/h11-15,18-19,24,29H,8-10,16-17H2,1-7H3,(H,41,42)/t24-,29?/m0/s1. The van der Waals surface area contributed by atoms with Crippen molar-refractivity contribution in [2.24, 2.45) is 5.92 Å². The Hall–Kier alpha value is -3.72. The molecule has 0 spiro atoms. The Balaban J connectivity index is 2.11. The van der Waals surface area contributed by atoms with Gasteiger partial charge in [0.2, 0.25) is 0 Å². The number of carboxylic acid groups (broad SMARTS) is 1. The Morgan fingerprint density at radius 2 is 1.56 bits per heavy atom. The van der Waals surface area contributed by atoms with Crippen LogP contribution in [0.5, 0.6) is 0 Å². The molecular formula is C34H41F3N2O4. The second-order valence-electron chi connectivity index (χ2n) is 12.2. The summed E-state index contributed by atoms with van der Waals surface area (Å²) in [7, 11) is 3.74. The SMILES string of the molecule is Cc1cc(-c2c(C)cc(F)cc2C)cc([C@H](CC(=O)O)CC(=O)C(CC(C)C)n2cc(CCN(C)C)cc(F)c2=O)c1F. The van der Waals surface area contributed by atoms with Crippen molar-refractivity contribution in [3.63, 3.8) is 0 Å². The van der Waals surface area contributed by atoms with Gasteiger partial charge in [0, 0.05) is 25.1 Å². The molecule has 0 aliphatic rings. The number of carbonyl (C=O) groups is 2. The minimum atomic E-state index is -1.22. The van der Waals surface area contributed by atoms with Crippen LogP contribution in [-0.4, -0.2) is 47.0 Å². The largest absolute Gasteiger partial charge is 0.481 e. The van der Waals surface area contributed by atoms with E-state index in [2.05, 4.69) is 0 Å². The van der Waals surface area contributed by atoms with E-state index in [9.17, 15) is 28.3 Å². The Bertz CT molecular complexity index is 1540. The van der Waals surface area contributed by atoms with Crippen LogP contribution in [0.25, 0.3) is 11.1 Å². The summed E-state index contributed by atoms with van der Waals surface area (Å²) in [5.41, 5.74) is 2.46. The molecule has 0 fully saturated rings. The van der Waals surface area contributed by atoms with E-state index in [1.807, 2.05) is 32.8 Å². The first kappa shape index (κ1) is 33.8. The Morgan fingerprint density at radius 3 is 2.12 bits per heavy atom. The number of ketones is 1. The molecule has 3 rings (SSSR count). The number of likely N-dealkylation sites (N-methyl/N-ethyl adjacent to an activating group) is 1. The Kier molecular flexibility index (Phi) is 11.1. The Labute approximate surface area is 251 Å². The van der Waals surface area contributed by atoms with Crippen molar-refractivity contribution in [3.8, 4) is 11.1 Å². The number of halogens is 3. The van der Waals surface area contributed by atoms with E-state index < -0.39 is 53.1 Å². The first-order chi connectivity index (χ1) is 20.1. The number of carbonyl (C=O) groups excluding carboxylic acids is 1. The molecule has 1 aromatic heterocycles. The highest BCUT2D eigenvalue weighted by atomic mass is 19.1. The smallest absolute Gasteiger partial charge is 0.303 e. The fourth-order valence-electron chi connectivity index (χ4n) is 5.68. The minimum Gasteiger partial charge on any atom is -0.481 e. The molecule has 3 aromatic rings. The number of pyridine rings is 1. The maximum Gasteiger partial charge on any atom is 0.303 e. The van der Waals surface area contributed by atoms with E-state index in [0.29, 0.717) is 40.8 Å². The van der Waals surface area contributed by atoms with Crippen molar-refractivity contribution in [2.45, 2.75) is 72.3 Å². The molecule has 9 heteroatoms. The molecule has 6 nitrogen and oxygen atoms in total. The number of rotatable bonds is 13. The third kappa shape index (κ3) is 8.44. The summed E-state index contributed by atoms with van der Waals surface area (Å²) in [6.07, 6.45) is 1.25. The van der Waals surface area contributed by atoms with Gasteiger partial charge in [0.1, 0.15) is 11.6 Å². The number of aryl methyl sites for hydroxylation is 3. The molecule has 0 aliphatic heterocycles. The Morgan fingerprint density at radius 1 is 0.930 bits per heavy atom. The van der Waals surface area contributed by atoms with Crippen LogP contribution >= 0.6 is 0 Å². The topological polar surface area (TPSA) is 79.6 Å². The van der Waals surface area contributed by atoms with E-state index in [0.717, 1.165) is 4.57 Å². The number of aliphatic carboxylic acids is 1. The van der Waals surface area contributed by atoms with E-state index >= 15 is 4.39 Å². The molecule has 0 saturated carbocycles. The molecule has 0 bridgehead atoms. The van der Waals surface area contributed by atoms with E-state index in [1.165, 1.54) is 30.5 Å². The lowest BCUT2D eigenvalue weighted by atomic mass is 9.84. The van der Waals surface area contributed by atoms with Gasteiger partial charge in [-0.3, -0.25) is 14.4 Å². The first-order valence-corrected chi connectivity index (χ1v) is 14.5. The predicted molar refractivity (Wildman–Crippen MR) is 162 cm³/mol. The highest BCUT2D eigenvalue weighted by Crippen LogP contribution is 2.36. The van der Waals surface area contributed by atoms with Crippen molar-refractivity contribution < 1.29 is 27.9 Å². The van der Waals surface area contributed by atoms with Crippen LogP contribution in [0.3, 0.4) is 0 Å². The number of hydrogen-bond donors (Lipinski definition) is 1. The molecule has 0 amide bonds. The van der Waals surface area contributed by atoms with Crippen LogP contribution in [0.15, 0.2) is 41.3 Å². The van der Waals surface area contributed by atoms with Crippen LogP contribution in [0.4, 0.5) is 13.2 Å². The van der Waals surface area contributed by atoms with Gasteiger partial charge in [-0.05, 0) is 123 Å². The fraction of sp³-hybridized carbons (Fsp3) is 0.441. The first-order valence-electron chi connectivity index (χ1n) is 14.5. The maximum atomic E-state index is 15.7. The summed E-state index contributed by atoms with van der Waals surface area (Å²) in [6, 6.07) is 6.01. The molecular weight excluding hydrogens is 557 g/mol. The number of nitrogens with zero attached hydrogens (tertiary/aromatic N) is 2. The molecule has 2 aromatic carbocycles. The summed E-state index contributed by atoms with van der Waals surface area (Å²) in [6.45, 7) is 9.37. The van der Waals surface area contributed by atoms with Gasteiger partial charge in [0.05, 0.1) is 12.5 Å². The lowest BCUT2D eigenvalue weighted by Crippen LogP contribution is -2.33. The molecule has 2 atom stereocenters. The zero-order valence-electron chi connectivity index (χ0n) is 25.9. The van der Waals surface area contributed by atoms with Crippen molar-refractivity contribution in [3.05, 3.63) is 92.2 Å². The van der Waals surface area contributed by atoms with Crippen LogP contribution < -0.4 is 5.56 Å². The number of aromatic nitrogens is 1. The molecule has 1 N–H and O–H groups in total. The van der Waals surface area contributed by atoms with Gasteiger partial charge in [0.25, 0.3) is 5.56 Å². The van der Waals surface area contributed by atoms with Crippen molar-refractivity contribution >= 4 is 11.8 Å². The van der Waals surface area contributed by atoms with Gasteiger partial charge in [-0.1, -0.05) is 13.8 Å². The third-order valence-electron chi connectivity index (χ3n) is 7.68. The van der Waals surface area contributed by atoms with Crippen LogP contribution in [0.1, 0.15) is 72.9 Å². The second kappa shape index (κ2) is 14.2. The van der Waals surface area contributed by atoms with Crippen LogP contribution in [0.2, 0.25) is 0 Å². The van der Waals surface area contributed by atoms with Gasteiger partial charge in [-0.25, -0.2) is 13.2 Å². The highest BCUT2D eigenvalue weighted by molar-refractivity contribution is 5.84.